The first kappa shape index (κ1) is 9.35. The Morgan fingerprint density at radius 1 is 1.33 bits per heavy atom. The predicted octanol–water partition coefficient (Wildman–Crippen LogP) is 1.42. The van der Waals surface area contributed by atoms with Gasteiger partial charge in [-0.2, -0.15) is 13.2 Å². The number of nitrogens with zero attached hydrogens (tertiary/aromatic N) is 1. The summed E-state index contributed by atoms with van der Waals surface area (Å²) in [7, 11) is 2.68. The van der Waals surface area contributed by atoms with Gasteiger partial charge >= 0.3 is 6.18 Å². The van der Waals surface area contributed by atoms with Gasteiger partial charge in [0.25, 0.3) is 0 Å². The fourth-order valence-electron chi connectivity index (χ4n) is 1.17. The van der Waals surface area contributed by atoms with Crippen molar-refractivity contribution in [3.63, 3.8) is 0 Å². The SMILES string of the molecule is CN(C)C(=O)C1(C(F)(F)F)CC1. The van der Waals surface area contributed by atoms with Crippen molar-refractivity contribution in [1.82, 2.24) is 4.90 Å². The molecule has 0 aromatic heterocycles. The molecule has 12 heavy (non-hydrogen) atoms. The molecule has 0 atom stereocenters. The van der Waals surface area contributed by atoms with Gasteiger partial charge in [-0.05, 0) is 12.8 Å². The third-order valence-electron chi connectivity index (χ3n) is 2.11. The van der Waals surface area contributed by atoms with Gasteiger partial charge in [-0.3, -0.25) is 4.79 Å². The normalized spacial score (nSPS) is 20.4. The average molecular weight is 181 g/mol. The van der Waals surface area contributed by atoms with Gasteiger partial charge in [0.05, 0.1) is 0 Å². The Labute approximate surface area is 68.3 Å². The molecule has 0 unspecified atom stereocenters. The molecule has 1 amide bonds. The summed E-state index contributed by atoms with van der Waals surface area (Å²) in [5, 5.41) is 0. The number of carbonyl (C=O) groups excluding carboxylic acids is 1. The number of carbonyl (C=O) groups is 1. The quantitative estimate of drug-likeness (QED) is 0.599. The van der Waals surface area contributed by atoms with E-state index in [9.17, 15) is 18.0 Å². The molecule has 1 aliphatic rings. The van der Waals surface area contributed by atoms with E-state index in [1.54, 1.807) is 0 Å². The zero-order chi connectivity index (χ0) is 9.57. The lowest BCUT2D eigenvalue weighted by atomic mass is 10.1. The summed E-state index contributed by atoms with van der Waals surface area (Å²) in [6, 6.07) is 0. The van der Waals surface area contributed by atoms with E-state index < -0.39 is 17.5 Å². The molecule has 0 aromatic rings. The van der Waals surface area contributed by atoms with Crippen LogP contribution in [0.1, 0.15) is 12.8 Å². The molecule has 1 rings (SSSR count). The summed E-state index contributed by atoms with van der Waals surface area (Å²) in [5.74, 6) is -0.824. The third kappa shape index (κ3) is 1.17. The Morgan fingerprint density at radius 2 is 1.75 bits per heavy atom. The van der Waals surface area contributed by atoms with Crippen LogP contribution in [0, 0.1) is 5.41 Å². The number of hydrogen-bond acceptors (Lipinski definition) is 1. The van der Waals surface area contributed by atoms with E-state index in [-0.39, 0.29) is 12.8 Å². The number of alkyl halides is 3. The molecule has 1 saturated carbocycles. The maximum atomic E-state index is 12.3. The Hall–Kier alpha value is -0.740. The van der Waals surface area contributed by atoms with Gasteiger partial charge in [-0.1, -0.05) is 0 Å². The molecule has 1 fully saturated rings. The van der Waals surface area contributed by atoms with Crippen molar-refractivity contribution in [3.05, 3.63) is 0 Å². The van der Waals surface area contributed by atoms with Crippen LogP contribution in [0.4, 0.5) is 13.2 Å². The molecular formula is C7H10F3NO. The van der Waals surface area contributed by atoms with Gasteiger partial charge in [-0.15, -0.1) is 0 Å². The first-order chi connectivity index (χ1) is 5.31. The van der Waals surface area contributed by atoms with Crippen LogP contribution in [0.5, 0.6) is 0 Å². The molecule has 0 aliphatic heterocycles. The maximum Gasteiger partial charge on any atom is 0.403 e. The lowest BCUT2D eigenvalue weighted by Crippen LogP contribution is -2.40. The summed E-state index contributed by atoms with van der Waals surface area (Å²) >= 11 is 0. The topological polar surface area (TPSA) is 20.3 Å². The van der Waals surface area contributed by atoms with Gasteiger partial charge in [0.2, 0.25) is 5.91 Å². The van der Waals surface area contributed by atoms with E-state index in [0.717, 1.165) is 4.90 Å². The summed E-state index contributed by atoms with van der Waals surface area (Å²) in [5.41, 5.74) is -2.05. The first-order valence-corrected chi connectivity index (χ1v) is 3.60. The Morgan fingerprint density at radius 3 is 1.83 bits per heavy atom. The Balaban J connectivity index is 2.81. The summed E-state index contributed by atoms with van der Waals surface area (Å²) < 4.78 is 36.8. The zero-order valence-electron chi connectivity index (χ0n) is 6.90. The molecule has 0 N–H and O–H groups in total. The lowest BCUT2D eigenvalue weighted by molar-refractivity contribution is -0.197. The largest absolute Gasteiger partial charge is 0.403 e. The van der Waals surface area contributed by atoms with Crippen LogP contribution in [-0.2, 0) is 4.79 Å². The van der Waals surface area contributed by atoms with Crippen LogP contribution in [0.2, 0.25) is 0 Å². The van der Waals surface area contributed by atoms with Crippen LogP contribution in [0.3, 0.4) is 0 Å². The molecule has 70 valence electrons. The van der Waals surface area contributed by atoms with Crippen LogP contribution in [0.25, 0.3) is 0 Å². The van der Waals surface area contributed by atoms with E-state index >= 15 is 0 Å². The molecular weight excluding hydrogens is 171 g/mol. The van der Waals surface area contributed by atoms with Crippen LogP contribution in [-0.4, -0.2) is 31.1 Å². The van der Waals surface area contributed by atoms with Crippen molar-refractivity contribution in [2.75, 3.05) is 14.1 Å². The van der Waals surface area contributed by atoms with Gasteiger partial charge in [-0.25, -0.2) is 0 Å². The highest BCUT2D eigenvalue weighted by Gasteiger charge is 2.68. The van der Waals surface area contributed by atoms with E-state index in [0.29, 0.717) is 0 Å². The smallest absolute Gasteiger partial charge is 0.348 e. The minimum Gasteiger partial charge on any atom is -0.348 e. The van der Waals surface area contributed by atoms with Crippen LogP contribution < -0.4 is 0 Å². The van der Waals surface area contributed by atoms with Gasteiger partial charge < -0.3 is 4.90 Å². The highest BCUT2D eigenvalue weighted by molar-refractivity contribution is 5.85. The molecule has 1 aliphatic carbocycles. The molecule has 0 saturated heterocycles. The first-order valence-electron chi connectivity index (χ1n) is 3.60. The van der Waals surface area contributed by atoms with Crippen molar-refractivity contribution in [1.29, 1.82) is 0 Å². The van der Waals surface area contributed by atoms with Crippen LogP contribution in [0.15, 0.2) is 0 Å². The fourth-order valence-corrected chi connectivity index (χ4v) is 1.17. The van der Waals surface area contributed by atoms with Crippen molar-refractivity contribution in [2.24, 2.45) is 5.41 Å². The van der Waals surface area contributed by atoms with Crippen LogP contribution >= 0.6 is 0 Å². The minimum absolute atomic E-state index is 0.0620. The van der Waals surface area contributed by atoms with Gasteiger partial charge in [0.1, 0.15) is 5.41 Å². The number of rotatable bonds is 1. The molecule has 0 radical (unpaired) electrons. The second kappa shape index (κ2) is 2.37. The van der Waals surface area contributed by atoms with Gasteiger partial charge in [0, 0.05) is 14.1 Å². The Bertz CT molecular complexity index is 205. The van der Waals surface area contributed by atoms with Crippen molar-refractivity contribution >= 4 is 5.91 Å². The third-order valence-corrected chi connectivity index (χ3v) is 2.11. The highest BCUT2D eigenvalue weighted by atomic mass is 19.4. The van der Waals surface area contributed by atoms with E-state index in [1.165, 1.54) is 14.1 Å². The highest BCUT2D eigenvalue weighted by Crippen LogP contribution is 2.58. The van der Waals surface area contributed by atoms with E-state index in [2.05, 4.69) is 0 Å². The molecule has 0 aromatic carbocycles. The molecule has 0 heterocycles. The molecule has 5 heteroatoms. The van der Waals surface area contributed by atoms with E-state index in [1.807, 2.05) is 0 Å². The summed E-state index contributed by atoms with van der Waals surface area (Å²) in [6.07, 6.45) is -4.50. The van der Waals surface area contributed by atoms with Gasteiger partial charge in [0.15, 0.2) is 0 Å². The van der Waals surface area contributed by atoms with Crippen molar-refractivity contribution in [2.45, 2.75) is 19.0 Å². The number of amides is 1. The zero-order valence-corrected chi connectivity index (χ0v) is 6.90. The van der Waals surface area contributed by atoms with Crippen molar-refractivity contribution < 1.29 is 18.0 Å². The second-order valence-electron chi connectivity index (χ2n) is 3.28. The molecule has 0 spiro atoms. The fraction of sp³-hybridized carbons (Fsp3) is 0.857. The monoisotopic (exact) mass is 181 g/mol. The average Bonchev–Trinajstić information content (AvgIpc) is 2.62. The predicted molar refractivity (Wildman–Crippen MR) is 36.4 cm³/mol. The number of hydrogen-bond donors (Lipinski definition) is 0. The Kier molecular flexibility index (Phi) is 1.85. The molecule has 2 nitrogen and oxygen atoms in total. The number of halogens is 3. The lowest BCUT2D eigenvalue weighted by Gasteiger charge is -2.21. The van der Waals surface area contributed by atoms with E-state index in [4.69, 9.17) is 0 Å². The standard InChI is InChI=1S/C7H10F3NO/c1-11(2)5(12)6(3-4-6)7(8,9)10/h3-4H2,1-2H3. The maximum absolute atomic E-state index is 12.3. The second-order valence-corrected chi connectivity index (χ2v) is 3.28. The minimum atomic E-state index is -4.38. The summed E-state index contributed by atoms with van der Waals surface area (Å²) in [6.45, 7) is 0. The summed E-state index contributed by atoms with van der Waals surface area (Å²) in [4.78, 5) is 12.1. The van der Waals surface area contributed by atoms with Crippen molar-refractivity contribution in [3.8, 4) is 0 Å². The molecule has 0 bridgehead atoms.